The number of carbonyl (C=O) groups excluding carboxylic acids is 2. The van der Waals surface area contributed by atoms with Crippen molar-refractivity contribution in [3.05, 3.63) is 29.6 Å². The van der Waals surface area contributed by atoms with Gasteiger partial charge in [0.15, 0.2) is 17.3 Å². The number of carboxylic acids is 1. The highest BCUT2D eigenvalue weighted by Crippen LogP contribution is 2.18. The van der Waals surface area contributed by atoms with Crippen molar-refractivity contribution in [2.45, 2.75) is 45.1 Å². The van der Waals surface area contributed by atoms with Crippen molar-refractivity contribution in [2.75, 3.05) is 7.11 Å². The highest BCUT2D eigenvalue weighted by Gasteiger charge is 2.20. The predicted octanol–water partition coefficient (Wildman–Crippen LogP) is 2.56. The average Bonchev–Trinajstić information content (AvgIpc) is 2.55. The third kappa shape index (κ3) is 5.98. The molecule has 1 aromatic rings. The Kier molecular flexibility index (Phi) is 7.88. The van der Waals surface area contributed by atoms with E-state index >= 15 is 0 Å². The number of amides is 1. The van der Waals surface area contributed by atoms with Gasteiger partial charge in [0, 0.05) is 18.4 Å². The molecule has 0 heterocycles. The molecular formula is C17H22FNO5. The number of rotatable bonds is 10. The Morgan fingerprint density at radius 1 is 1.29 bits per heavy atom. The number of hydrogen-bond acceptors (Lipinski definition) is 4. The average molecular weight is 339 g/mol. The molecule has 0 bridgehead atoms. The SMILES string of the molecule is CCCC[C@H](NC(=O)CCC(=O)c1ccc(OC)c(F)c1)C(=O)O. The molecule has 1 atom stereocenters. The number of methoxy groups -OCH3 is 1. The zero-order chi connectivity index (χ0) is 18.1. The van der Waals surface area contributed by atoms with Crippen LogP contribution in [0.15, 0.2) is 18.2 Å². The van der Waals surface area contributed by atoms with Crippen LogP contribution in [-0.2, 0) is 9.59 Å². The van der Waals surface area contributed by atoms with E-state index in [1.54, 1.807) is 0 Å². The van der Waals surface area contributed by atoms with Gasteiger partial charge in [-0.05, 0) is 24.6 Å². The quantitative estimate of drug-likeness (QED) is 0.639. The summed E-state index contributed by atoms with van der Waals surface area (Å²) in [5, 5.41) is 11.5. The molecule has 0 saturated heterocycles. The lowest BCUT2D eigenvalue weighted by Crippen LogP contribution is -2.40. The summed E-state index contributed by atoms with van der Waals surface area (Å²) in [7, 11) is 1.32. The Labute approximate surface area is 140 Å². The summed E-state index contributed by atoms with van der Waals surface area (Å²) in [6.45, 7) is 1.92. The summed E-state index contributed by atoms with van der Waals surface area (Å²) in [5.74, 6) is -2.63. The largest absolute Gasteiger partial charge is 0.494 e. The van der Waals surface area contributed by atoms with E-state index in [1.165, 1.54) is 19.2 Å². The molecule has 2 N–H and O–H groups in total. The van der Waals surface area contributed by atoms with Crippen molar-refractivity contribution in [1.29, 1.82) is 0 Å². The molecule has 1 aromatic carbocycles. The maximum Gasteiger partial charge on any atom is 0.326 e. The van der Waals surface area contributed by atoms with E-state index in [2.05, 4.69) is 5.32 Å². The lowest BCUT2D eigenvalue weighted by atomic mass is 10.1. The lowest BCUT2D eigenvalue weighted by Gasteiger charge is -2.13. The summed E-state index contributed by atoms with van der Waals surface area (Å²) in [6.07, 6.45) is 1.57. The topological polar surface area (TPSA) is 92.7 Å². The van der Waals surface area contributed by atoms with Crippen molar-refractivity contribution in [1.82, 2.24) is 5.32 Å². The molecule has 0 unspecified atom stereocenters. The van der Waals surface area contributed by atoms with Crippen molar-refractivity contribution >= 4 is 17.7 Å². The van der Waals surface area contributed by atoms with Crippen LogP contribution in [0.5, 0.6) is 5.75 Å². The van der Waals surface area contributed by atoms with E-state index in [-0.39, 0.29) is 24.2 Å². The van der Waals surface area contributed by atoms with Crippen LogP contribution in [0.2, 0.25) is 0 Å². The Balaban J connectivity index is 2.55. The molecule has 24 heavy (non-hydrogen) atoms. The first kappa shape index (κ1) is 19.6. The summed E-state index contributed by atoms with van der Waals surface area (Å²) in [4.78, 5) is 34.9. The van der Waals surface area contributed by atoms with Crippen LogP contribution in [-0.4, -0.2) is 35.9 Å². The molecule has 0 fully saturated rings. The van der Waals surface area contributed by atoms with Gasteiger partial charge in [0.2, 0.25) is 5.91 Å². The minimum absolute atomic E-state index is 0.0320. The number of carboxylic acid groups (broad SMARTS) is 1. The third-order valence-corrected chi connectivity index (χ3v) is 3.53. The number of ketones is 1. The molecule has 0 spiro atoms. The fourth-order valence-electron chi connectivity index (χ4n) is 2.14. The van der Waals surface area contributed by atoms with E-state index in [1.807, 2.05) is 6.92 Å². The molecule has 7 heteroatoms. The second-order valence-corrected chi connectivity index (χ2v) is 5.37. The molecule has 1 rings (SSSR count). The van der Waals surface area contributed by atoms with Gasteiger partial charge in [0.1, 0.15) is 6.04 Å². The Hall–Kier alpha value is -2.44. The first-order valence-electron chi connectivity index (χ1n) is 7.78. The van der Waals surface area contributed by atoms with Gasteiger partial charge in [-0.15, -0.1) is 0 Å². The number of ether oxygens (including phenoxy) is 1. The second-order valence-electron chi connectivity index (χ2n) is 5.37. The summed E-state index contributed by atoms with van der Waals surface area (Å²) in [6, 6.07) is 2.86. The van der Waals surface area contributed by atoms with E-state index in [0.29, 0.717) is 12.8 Å². The third-order valence-electron chi connectivity index (χ3n) is 3.53. The summed E-state index contributed by atoms with van der Waals surface area (Å²) < 4.78 is 18.3. The maximum absolute atomic E-state index is 13.6. The zero-order valence-electron chi connectivity index (χ0n) is 13.8. The minimum Gasteiger partial charge on any atom is -0.494 e. The van der Waals surface area contributed by atoms with Gasteiger partial charge in [-0.3, -0.25) is 9.59 Å². The van der Waals surface area contributed by atoms with Crippen molar-refractivity contribution in [3.8, 4) is 5.75 Å². The number of unbranched alkanes of at least 4 members (excludes halogenated alkanes) is 1. The highest BCUT2D eigenvalue weighted by molar-refractivity contribution is 5.98. The van der Waals surface area contributed by atoms with Crippen LogP contribution in [0.1, 0.15) is 49.4 Å². The fourth-order valence-corrected chi connectivity index (χ4v) is 2.14. The number of Topliss-reactive ketones (excluding diaryl/α,β-unsaturated/α-hetero) is 1. The van der Waals surface area contributed by atoms with Crippen LogP contribution in [0, 0.1) is 5.82 Å². The standard InChI is InChI=1S/C17H22FNO5/c1-3-4-5-13(17(22)23)19-16(21)9-7-14(20)11-6-8-15(24-2)12(18)10-11/h6,8,10,13H,3-5,7,9H2,1-2H3,(H,19,21)(H,22,23)/t13-/m0/s1. The Bertz CT molecular complexity index is 603. The van der Waals surface area contributed by atoms with E-state index in [9.17, 15) is 18.8 Å². The molecule has 0 aliphatic heterocycles. The molecule has 0 aromatic heterocycles. The number of aliphatic carboxylic acids is 1. The molecule has 0 aliphatic rings. The highest BCUT2D eigenvalue weighted by atomic mass is 19.1. The minimum atomic E-state index is -1.10. The molecule has 0 aliphatic carbocycles. The Morgan fingerprint density at radius 3 is 2.54 bits per heavy atom. The number of hydrogen-bond donors (Lipinski definition) is 2. The second kappa shape index (κ2) is 9.64. The van der Waals surface area contributed by atoms with Gasteiger partial charge in [0.25, 0.3) is 0 Å². The molecule has 0 radical (unpaired) electrons. The van der Waals surface area contributed by atoms with Gasteiger partial charge < -0.3 is 15.2 Å². The number of benzene rings is 1. The van der Waals surface area contributed by atoms with Crippen molar-refractivity contribution in [3.63, 3.8) is 0 Å². The molecule has 6 nitrogen and oxygen atoms in total. The summed E-state index contributed by atoms with van der Waals surface area (Å²) in [5.41, 5.74) is 0.141. The van der Waals surface area contributed by atoms with Crippen LogP contribution in [0.25, 0.3) is 0 Å². The maximum atomic E-state index is 13.6. The number of halogens is 1. The predicted molar refractivity (Wildman–Crippen MR) is 85.6 cm³/mol. The van der Waals surface area contributed by atoms with E-state index < -0.39 is 29.5 Å². The lowest BCUT2D eigenvalue weighted by molar-refractivity contribution is -0.142. The normalized spacial score (nSPS) is 11.6. The van der Waals surface area contributed by atoms with Crippen LogP contribution in [0.4, 0.5) is 4.39 Å². The molecule has 132 valence electrons. The number of nitrogens with one attached hydrogen (secondary N) is 1. The van der Waals surface area contributed by atoms with Crippen molar-refractivity contribution in [2.24, 2.45) is 0 Å². The van der Waals surface area contributed by atoms with Gasteiger partial charge in [-0.25, -0.2) is 9.18 Å². The monoisotopic (exact) mass is 339 g/mol. The first-order valence-corrected chi connectivity index (χ1v) is 7.78. The van der Waals surface area contributed by atoms with E-state index in [4.69, 9.17) is 9.84 Å². The first-order chi connectivity index (χ1) is 11.4. The Morgan fingerprint density at radius 2 is 2.00 bits per heavy atom. The van der Waals surface area contributed by atoms with Crippen LogP contribution in [0.3, 0.4) is 0 Å². The smallest absolute Gasteiger partial charge is 0.326 e. The zero-order valence-corrected chi connectivity index (χ0v) is 13.8. The van der Waals surface area contributed by atoms with Gasteiger partial charge >= 0.3 is 5.97 Å². The van der Waals surface area contributed by atoms with Crippen LogP contribution >= 0.6 is 0 Å². The fraction of sp³-hybridized carbons (Fsp3) is 0.471. The number of carbonyl (C=O) groups is 3. The van der Waals surface area contributed by atoms with Gasteiger partial charge in [-0.2, -0.15) is 0 Å². The molecular weight excluding hydrogens is 317 g/mol. The summed E-state index contributed by atoms with van der Waals surface area (Å²) >= 11 is 0. The van der Waals surface area contributed by atoms with Gasteiger partial charge in [-0.1, -0.05) is 19.8 Å². The van der Waals surface area contributed by atoms with Crippen molar-refractivity contribution < 1.29 is 28.6 Å². The van der Waals surface area contributed by atoms with Gasteiger partial charge in [0.05, 0.1) is 7.11 Å². The molecule has 1 amide bonds. The molecule has 0 saturated carbocycles. The van der Waals surface area contributed by atoms with E-state index in [0.717, 1.165) is 12.5 Å². The van der Waals surface area contributed by atoms with Crippen LogP contribution < -0.4 is 10.1 Å².